The van der Waals surface area contributed by atoms with Crippen LogP contribution in [-0.4, -0.2) is 22.6 Å². The molecule has 0 rings (SSSR count). The maximum absolute atomic E-state index is 9.45. The molecule has 0 bridgehead atoms. The fourth-order valence-corrected chi connectivity index (χ4v) is 1.21. The van der Waals surface area contributed by atoms with E-state index < -0.39 is 12.2 Å². The Morgan fingerprint density at radius 3 is 2.54 bits per heavy atom. The van der Waals surface area contributed by atoms with Crippen molar-refractivity contribution in [1.82, 2.24) is 0 Å². The van der Waals surface area contributed by atoms with Crippen LogP contribution in [0.1, 0.15) is 39.0 Å². The minimum Gasteiger partial charge on any atom is -0.390 e. The third kappa shape index (κ3) is 5.80. The molecule has 0 radical (unpaired) electrons. The third-order valence-electron chi connectivity index (χ3n) is 2.09. The van der Waals surface area contributed by atoms with Crippen molar-refractivity contribution in [2.24, 2.45) is 0 Å². The first-order chi connectivity index (χ1) is 6.26. The van der Waals surface area contributed by atoms with Crippen LogP contribution in [0.2, 0.25) is 0 Å². The van der Waals surface area contributed by atoms with Crippen molar-refractivity contribution in [3.05, 3.63) is 12.7 Å². The molecule has 3 heteroatoms. The van der Waals surface area contributed by atoms with Crippen molar-refractivity contribution < 1.29 is 15.3 Å². The Morgan fingerprint density at radius 2 is 2.08 bits per heavy atom. The minimum absolute atomic E-state index is 0.639. The first kappa shape index (κ1) is 12.6. The van der Waals surface area contributed by atoms with Crippen molar-refractivity contribution in [3.63, 3.8) is 0 Å². The van der Waals surface area contributed by atoms with Crippen molar-refractivity contribution in [2.75, 3.05) is 0 Å². The van der Waals surface area contributed by atoms with Gasteiger partial charge in [0, 0.05) is 0 Å². The molecule has 0 aliphatic carbocycles. The van der Waals surface area contributed by atoms with Gasteiger partial charge in [-0.15, -0.1) is 6.58 Å². The highest BCUT2D eigenvalue weighted by Gasteiger charge is 2.15. The molecule has 0 aliphatic heterocycles. The molecule has 0 fully saturated rings. The van der Waals surface area contributed by atoms with Gasteiger partial charge in [-0.2, -0.15) is 0 Å². The topological polar surface area (TPSA) is 49.7 Å². The Labute approximate surface area is 80.0 Å². The third-order valence-corrected chi connectivity index (χ3v) is 2.09. The molecule has 2 N–H and O–H groups in total. The zero-order chi connectivity index (χ0) is 10.1. The normalized spacial score (nSPS) is 15.3. The summed E-state index contributed by atoms with van der Waals surface area (Å²) in [5.74, 6) is 0. The van der Waals surface area contributed by atoms with Gasteiger partial charge in [-0.3, -0.25) is 5.26 Å². The molecule has 2 atom stereocenters. The fourth-order valence-electron chi connectivity index (χ4n) is 1.21. The van der Waals surface area contributed by atoms with Gasteiger partial charge in [0.15, 0.2) is 0 Å². The number of aliphatic hydroxyl groups excluding tert-OH is 1. The second-order valence-corrected chi connectivity index (χ2v) is 3.22. The number of unbranched alkanes of at least 4 members (excludes halogenated alkanes) is 3. The number of aliphatic hydroxyl groups is 1. The highest BCUT2D eigenvalue weighted by Crippen LogP contribution is 2.10. The Kier molecular flexibility index (Phi) is 7.99. The Hall–Kier alpha value is -0.380. The number of hydrogen-bond acceptors (Lipinski definition) is 3. The summed E-state index contributed by atoms with van der Waals surface area (Å²) >= 11 is 0. The summed E-state index contributed by atoms with van der Waals surface area (Å²) in [5, 5.41) is 17.8. The fraction of sp³-hybridized carbons (Fsp3) is 0.800. The van der Waals surface area contributed by atoms with Gasteiger partial charge in [-0.25, -0.2) is 4.89 Å². The summed E-state index contributed by atoms with van der Waals surface area (Å²) in [5.41, 5.74) is 0. The number of rotatable bonds is 8. The Bertz CT molecular complexity index is 125. The first-order valence-corrected chi connectivity index (χ1v) is 4.87. The van der Waals surface area contributed by atoms with Crippen LogP contribution < -0.4 is 0 Å². The second kappa shape index (κ2) is 8.23. The van der Waals surface area contributed by atoms with Gasteiger partial charge in [-0.1, -0.05) is 38.7 Å². The summed E-state index contributed by atoms with van der Waals surface area (Å²) < 4.78 is 0. The van der Waals surface area contributed by atoms with Crippen LogP contribution in [0.4, 0.5) is 0 Å². The van der Waals surface area contributed by atoms with Crippen LogP contribution in [0, 0.1) is 0 Å². The van der Waals surface area contributed by atoms with Gasteiger partial charge in [0.2, 0.25) is 0 Å². The van der Waals surface area contributed by atoms with Crippen LogP contribution in [0.5, 0.6) is 0 Å². The van der Waals surface area contributed by atoms with E-state index in [-0.39, 0.29) is 0 Å². The standard InChI is InChI=1S/C10H20O3/c1-3-5-6-7-8-9(11)10(4-2)13-12/h4,9-12H,2-3,5-8H2,1H3/t9-,10+/m1/s1. The van der Waals surface area contributed by atoms with Crippen molar-refractivity contribution in [3.8, 4) is 0 Å². The van der Waals surface area contributed by atoms with E-state index in [0.29, 0.717) is 6.42 Å². The Balaban J connectivity index is 3.47. The highest BCUT2D eigenvalue weighted by atomic mass is 17.1. The summed E-state index contributed by atoms with van der Waals surface area (Å²) in [6.07, 6.45) is 5.21. The quantitative estimate of drug-likeness (QED) is 0.266. The number of hydrogen-bond donors (Lipinski definition) is 2. The van der Waals surface area contributed by atoms with Crippen LogP contribution in [-0.2, 0) is 4.89 Å². The molecule has 3 nitrogen and oxygen atoms in total. The van der Waals surface area contributed by atoms with Gasteiger partial charge in [0.05, 0.1) is 6.10 Å². The van der Waals surface area contributed by atoms with E-state index in [4.69, 9.17) is 5.26 Å². The van der Waals surface area contributed by atoms with E-state index in [0.717, 1.165) is 12.8 Å². The molecule has 0 amide bonds. The van der Waals surface area contributed by atoms with Crippen LogP contribution in [0.3, 0.4) is 0 Å². The highest BCUT2D eigenvalue weighted by molar-refractivity contribution is 4.84. The van der Waals surface area contributed by atoms with Gasteiger partial charge in [-0.05, 0) is 6.42 Å². The molecule has 0 aliphatic rings. The predicted octanol–water partition coefficient (Wildman–Crippen LogP) is 2.36. The van der Waals surface area contributed by atoms with E-state index in [1.54, 1.807) is 0 Å². The molecule has 0 aromatic heterocycles. The molecule has 0 unspecified atom stereocenters. The predicted molar refractivity (Wildman–Crippen MR) is 52.5 cm³/mol. The first-order valence-electron chi connectivity index (χ1n) is 4.87. The lowest BCUT2D eigenvalue weighted by atomic mass is 10.1. The zero-order valence-corrected chi connectivity index (χ0v) is 8.28. The molecular weight excluding hydrogens is 168 g/mol. The maximum atomic E-state index is 9.45. The Morgan fingerprint density at radius 1 is 1.38 bits per heavy atom. The lowest BCUT2D eigenvalue weighted by Crippen LogP contribution is -2.25. The molecule has 0 aromatic carbocycles. The van der Waals surface area contributed by atoms with Crippen molar-refractivity contribution >= 4 is 0 Å². The zero-order valence-electron chi connectivity index (χ0n) is 8.28. The smallest absolute Gasteiger partial charge is 0.136 e. The SMILES string of the molecule is C=C[C@H](OO)[C@H](O)CCCCCC. The molecule has 0 heterocycles. The van der Waals surface area contributed by atoms with Crippen LogP contribution in [0.15, 0.2) is 12.7 Å². The van der Waals surface area contributed by atoms with Gasteiger partial charge < -0.3 is 5.11 Å². The largest absolute Gasteiger partial charge is 0.390 e. The molecular formula is C10H20O3. The van der Waals surface area contributed by atoms with Crippen LogP contribution >= 0.6 is 0 Å². The lowest BCUT2D eigenvalue weighted by molar-refractivity contribution is -0.283. The monoisotopic (exact) mass is 188 g/mol. The molecule has 0 spiro atoms. The van der Waals surface area contributed by atoms with E-state index in [2.05, 4.69) is 18.4 Å². The van der Waals surface area contributed by atoms with Crippen molar-refractivity contribution in [2.45, 2.75) is 51.2 Å². The molecule has 0 saturated heterocycles. The molecule has 13 heavy (non-hydrogen) atoms. The summed E-state index contributed by atoms with van der Waals surface area (Å²) in [6, 6.07) is 0. The minimum atomic E-state index is -0.651. The second-order valence-electron chi connectivity index (χ2n) is 3.22. The van der Waals surface area contributed by atoms with Gasteiger partial charge >= 0.3 is 0 Å². The summed E-state index contributed by atoms with van der Waals surface area (Å²) in [4.78, 5) is 4.05. The average Bonchev–Trinajstić information content (AvgIpc) is 2.14. The van der Waals surface area contributed by atoms with E-state index in [9.17, 15) is 5.11 Å². The molecule has 78 valence electrons. The summed E-state index contributed by atoms with van der Waals surface area (Å²) in [6.45, 7) is 5.59. The van der Waals surface area contributed by atoms with E-state index in [1.807, 2.05) is 0 Å². The van der Waals surface area contributed by atoms with E-state index in [1.165, 1.54) is 18.9 Å². The van der Waals surface area contributed by atoms with Gasteiger partial charge in [0.25, 0.3) is 0 Å². The summed E-state index contributed by atoms with van der Waals surface area (Å²) in [7, 11) is 0. The molecule has 0 aromatic rings. The van der Waals surface area contributed by atoms with Crippen LogP contribution in [0.25, 0.3) is 0 Å². The average molecular weight is 188 g/mol. The lowest BCUT2D eigenvalue weighted by Gasteiger charge is -2.15. The van der Waals surface area contributed by atoms with Gasteiger partial charge in [0.1, 0.15) is 6.10 Å². The van der Waals surface area contributed by atoms with E-state index >= 15 is 0 Å². The van der Waals surface area contributed by atoms with Crippen molar-refractivity contribution in [1.29, 1.82) is 0 Å². The maximum Gasteiger partial charge on any atom is 0.136 e. The molecule has 0 saturated carbocycles.